The lowest BCUT2D eigenvalue weighted by atomic mass is 10.2. The molecule has 1 atom stereocenters. The lowest BCUT2D eigenvalue weighted by molar-refractivity contribution is -0.115. The molecule has 0 radical (unpaired) electrons. The number of hydrogen-bond acceptors (Lipinski definition) is 4. The highest BCUT2D eigenvalue weighted by Crippen LogP contribution is 2.26. The highest BCUT2D eigenvalue weighted by Gasteiger charge is 2.17. The number of carbonyl (C=O) groups is 1. The van der Waals surface area contributed by atoms with Crippen molar-refractivity contribution in [2.75, 3.05) is 11.1 Å². The van der Waals surface area contributed by atoms with Crippen molar-refractivity contribution < 1.29 is 4.79 Å². The fraction of sp³-hybridized carbons (Fsp3) is 0.286. The topological polar surface area (TPSA) is 72.9 Å². The minimum atomic E-state index is -0.269. The molecule has 1 unspecified atom stereocenters. The maximum atomic E-state index is 12.2. The number of aromatic nitrogens is 2. The summed E-state index contributed by atoms with van der Waals surface area (Å²) in [5.41, 5.74) is 7.77. The Labute approximate surface area is 132 Å². The number of rotatable bonds is 4. The van der Waals surface area contributed by atoms with Crippen LogP contribution in [-0.2, 0) is 11.8 Å². The number of nitrogens with two attached hydrogens (primary N) is 1. The molecule has 0 saturated carbocycles. The molecule has 5 nitrogen and oxygen atoms in total. The Kier molecular flexibility index (Phi) is 4.80. The van der Waals surface area contributed by atoms with Crippen molar-refractivity contribution in [1.29, 1.82) is 0 Å². The number of hydrogen-bond donors (Lipinski definition) is 2. The van der Waals surface area contributed by atoms with Crippen molar-refractivity contribution in [2.45, 2.75) is 24.1 Å². The molecule has 7 heteroatoms. The van der Waals surface area contributed by atoms with Crippen LogP contribution in [0.5, 0.6) is 0 Å². The van der Waals surface area contributed by atoms with Gasteiger partial charge < -0.3 is 11.1 Å². The third-order valence-corrected chi connectivity index (χ3v) is 4.32. The maximum Gasteiger partial charge on any atom is 0.237 e. The first-order chi connectivity index (χ1) is 9.86. The molecular weight excluding hydrogens is 308 g/mol. The summed E-state index contributed by atoms with van der Waals surface area (Å²) in [6.07, 6.45) is 0. The van der Waals surface area contributed by atoms with Gasteiger partial charge in [-0.2, -0.15) is 5.10 Å². The smallest absolute Gasteiger partial charge is 0.237 e. The molecule has 0 aliphatic heterocycles. The first-order valence-electron chi connectivity index (χ1n) is 6.40. The molecule has 2 aromatic rings. The van der Waals surface area contributed by atoms with Crippen LogP contribution in [-0.4, -0.2) is 20.9 Å². The van der Waals surface area contributed by atoms with Crippen molar-refractivity contribution in [3.05, 3.63) is 35.0 Å². The zero-order valence-corrected chi connectivity index (χ0v) is 13.6. The van der Waals surface area contributed by atoms with Crippen LogP contribution in [0.15, 0.2) is 29.3 Å². The summed E-state index contributed by atoms with van der Waals surface area (Å²) in [6.45, 7) is 3.76. The van der Waals surface area contributed by atoms with Gasteiger partial charge in [-0.25, -0.2) is 0 Å². The van der Waals surface area contributed by atoms with Crippen molar-refractivity contribution in [3.8, 4) is 0 Å². The van der Waals surface area contributed by atoms with Gasteiger partial charge in [-0.15, -0.1) is 0 Å². The zero-order valence-electron chi connectivity index (χ0n) is 12.1. The van der Waals surface area contributed by atoms with Gasteiger partial charge in [-0.05, 0) is 38.1 Å². The minimum Gasteiger partial charge on any atom is -0.397 e. The fourth-order valence-corrected chi connectivity index (χ4v) is 2.95. The van der Waals surface area contributed by atoms with E-state index in [2.05, 4.69) is 10.4 Å². The van der Waals surface area contributed by atoms with E-state index in [1.165, 1.54) is 11.8 Å². The van der Waals surface area contributed by atoms with Crippen LogP contribution < -0.4 is 11.1 Å². The number of nitrogens with zero attached hydrogens (tertiary/aromatic N) is 2. The van der Waals surface area contributed by atoms with Gasteiger partial charge in [0.15, 0.2) is 0 Å². The van der Waals surface area contributed by atoms with Crippen molar-refractivity contribution in [1.82, 2.24) is 9.78 Å². The van der Waals surface area contributed by atoms with Crippen LogP contribution in [0.1, 0.15) is 12.6 Å². The molecule has 1 aromatic carbocycles. The zero-order chi connectivity index (χ0) is 15.6. The summed E-state index contributed by atoms with van der Waals surface area (Å²) in [5.74, 6) is -0.118. The van der Waals surface area contributed by atoms with Gasteiger partial charge in [0.25, 0.3) is 0 Å². The number of nitrogens with one attached hydrogen (secondary N) is 1. The van der Waals surface area contributed by atoms with E-state index in [1.807, 2.05) is 27.0 Å². The minimum absolute atomic E-state index is 0.118. The Bertz CT molecular complexity index is 671. The molecule has 0 aliphatic rings. The molecule has 0 saturated heterocycles. The van der Waals surface area contributed by atoms with Gasteiger partial charge in [-0.3, -0.25) is 9.48 Å². The van der Waals surface area contributed by atoms with E-state index in [0.717, 1.165) is 10.7 Å². The Hall–Kier alpha value is -1.66. The second kappa shape index (κ2) is 6.41. The monoisotopic (exact) mass is 324 g/mol. The lowest BCUT2D eigenvalue weighted by Crippen LogP contribution is -2.23. The van der Waals surface area contributed by atoms with E-state index < -0.39 is 0 Å². The van der Waals surface area contributed by atoms with Gasteiger partial charge in [-0.1, -0.05) is 23.4 Å². The number of carbonyl (C=O) groups excluding carboxylic acids is 1. The average molecular weight is 325 g/mol. The van der Waals surface area contributed by atoms with Crippen LogP contribution in [0.2, 0.25) is 5.02 Å². The molecule has 1 heterocycles. The van der Waals surface area contributed by atoms with Gasteiger partial charge >= 0.3 is 0 Å². The predicted octanol–water partition coefficient (Wildman–Crippen LogP) is 3.08. The fourth-order valence-electron chi connectivity index (χ4n) is 1.81. The number of benzene rings is 1. The summed E-state index contributed by atoms with van der Waals surface area (Å²) in [4.78, 5) is 12.2. The maximum absolute atomic E-state index is 12.2. The summed E-state index contributed by atoms with van der Waals surface area (Å²) in [7, 11) is 1.86. The van der Waals surface area contributed by atoms with Gasteiger partial charge in [0, 0.05) is 12.1 Å². The SMILES string of the molecule is Cc1cc(SC(C)C(=O)Nc2ccc(Cl)cc2N)n(C)n1. The van der Waals surface area contributed by atoms with E-state index in [9.17, 15) is 4.79 Å². The van der Waals surface area contributed by atoms with Crippen molar-refractivity contribution >= 4 is 40.6 Å². The number of halogens is 1. The van der Waals surface area contributed by atoms with Gasteiger partial charge in [0.2, 0.25) is 5.91 Å². The van der Waals surface area contributed by atoms with Crippen molar-refractivity contribution in [3.63, 3.8) is 0 Å². The summed E-state index contributed by atoms with van der Waals surface area (Å²) in [6, 6.07) is 6.95. The third-order valence-electron chi connectivity index (χ3n) is 2.90. The van der Waals surface area contributed by atoms with Crippen LogP contribution in [0.25, 0.3) is 0 Å². The third kappa shape index (κ3) is 3.92. The number of amides is 1. The standard InChI is InChI=1S/C14H17ClN4OS/c1-8-6-13(19(3)18-8)21-9(2)14(20)17-12-5-4-10(15)7-11(12)16/h4-7,9H,16H2,1-3H3,(H,17,20). The molecule has 0 spiro atoms. The largest absolute Gasteiger partial charge is 0.397 e. The number of aryl methyl sites for hydroxylation is 2. The van der Waals surface area contributed by atoms with Crippen LogP contribution in [0.4, 0.5) is 11.4 Å². The van der Waals surface area contributed by atoms with Crippen molar-refractivity contribution in [2.24, 2.45) is 7.05 Å². The Morgan fingerprint density at radius 3 is 2.76 bits per heavy atom. The normalized spacial score (nSPS) is 12.2. The van der Waals surface area contributed by atoms with Crippen LogP contribution in [0.3, 0.4) is 0 Å². The highest BCUT2D eigenvalue weighted by atomic mass is 35.5. The quantitative estimate of drug-likeness (QED) is 0.669. The molecule has 0 fully saturated rings. The molecule has 0 aliphatic carbocycles. The molecule has 3 N–H and O–H groups in total. The first-order valence-corrected chi connectivity index (χ1v) is 7.66. The van der Waals surface area contributed by atoms with E-state index in [1.54, 1.807) is 22.9 Å². The predicted molar refractivity (Wildman–Crippen MR) is 87.8 cm³/mol. The lowest BCUT2D eigenvalue weighted by Gasteiger charge is -2.13. The van der Waals surface area contributed by atoms with E-state index in [0.29, 0.717) is 16.4 Å². The first kappa shape index (κ1) is 15.7. The molecule has 21 heavy (non-hydrogen) atoms. The van der Waals surface area contributed by atoms with E-state index >= 15 is 0 Å². The molecular formula is C14H17ClN4OS. The van der Waals surface area contributed by atoms with Gasteiger partial charge in [0.1, 0.15) is 0 Å². The Morgan fingerprint density at radius 2 is 2.19 bits per heavy atom. The average Bonchev–Trinajstić information content (AvgIpc) is 2.71. The highest BCUT2D eigenvalue weighted by molar-refractivity contribution is 8.00. The summed E-state index contributed by atoms with van der Waals surface area (Å²) < 4.78 is 1.76. The molecule has 1 amide bonds. The Balaban J connectivity index is 2.04. The van der Waals surface area contributed by atoms with Crippen LogP contribution in [0, 0.1) is 6.92 Å². The summed E-state index contributed by atoms with van der Waals surface area (Å²) >= 11 is 7.29. The molecule has 0 bridgehead atoms. The van der Waals surface area contributed by atoms with Crippen LogP contribution >= 0.6 is 23.4 Å². The Morgan fingerprint density at radius 1 is 1.48 bits per heavy atom. The van der Waals surface area contributed by atoms with E-state index in [4.69, 9.17) is 17.3 Å². The van der Waals surface area contributed by atoms with Gasteiger partial charge in [0.05, 0.1) is 27.3 Å². The summed E-state index contributed by atoms with van der Waals surface area (Å²) in [5, 5.41) is 8.29. The molecule has 112 valence electrons. The molecule has 1 aromatic heterocycles. The second-order valence-corrected chi connectivity index (χ2v) is 6.53. The van der Waals surface area contributed by atoms with E-state index in [-0.39, 0.29) is 11.2 Å². The number of nitrogen functional groups attached to an aromatic ring is 1. The number of thioether (sulfide) groups is 1. The molecule has 2 rings (SSSR count). The second-order valence-electron chi connectivity index (χ2n) is 4.73. The number of anilines is 2.